The fourth-order valence-electron chi connectivity index (χ4n) is 5.01. The fraction of sp³-hybridized carbons (Fsp3) is 0.129. The molecule has 1 aliphatic rings. The van der Waals surface area contributed by atoms with Crippen molar-refractivity contribution in [3.05, 3.63) is 122 Å². The van der Waals surface area contributed by atoms with Crippen LogP contribution in [0.15, 0.2) is 100 Å². The molecule has 1 N–H and O–H groups in total. The van der Waals surface area contributed by atoms with E-state index in [1.165, 1.54) is 16.3 Å². The van der Waals surface area contributed by atoms with Gasteiger partial charge in [-0.15, -0.1) is 11.3 Å². The van der Waals surface area contributed by atoms with Crippen molar-refractivity contribution in [1.82, 2.24) is 9.99 Å². The summed E-state index contributed by atoms with van der Waals surface area (Å²) in [6.45, 7) is 2.04. The minimum atomic E-state index is -0.383. The zero-order valence-electron chi connectivity index (χ0n) is 21.0. The lowest BCUT2D eigenvalue weighted by Gasteiger charge is -2.22. The van der Waals surface area contributed by atoms with E-state index in [-0.39, 0.29) is 17.5 Å². The van der Waals surface area contributed by atoms with Gasteiger partial charge in [0, 0.05) is 22.9 Å². The van der Waals surface area contributed by atoms with E-state index in [9.17, 15) is 9.59 Å². The number of nitrogens with zero attached hydrogens (tertiary/aromatic N) is 2. The van der Waals surface area contributed by atoms with Crippen LogP contribution in [0.4, 0.5) is 0 Å². The number of carbonyl (C=O) groups is 1. The Bertz CT molecular complexity index is 1740. The summed E-state index contributed by atoms with van der Waals surface area (Å²) >= 11 is 1.37. The van der Waals surface area contributed by atoms with Gasteiger partial charge in [0.1, 0.15) is 5.75 Å². The molecule has 0 spiro atoms. The number of thiophene rings is 1. The van der Waals surface area contributed by atoms with E-state index in [0.29, 0.717) is 28.3 Å². The fourth-order valence-corrected chi connectivity index (χ4v) is 5.66. The lowest BCUT2D eigenvalue weighted by molar-refractivity contribution is 0.0716. The maximum absolute atomic E-state index is 13.7. The number of hydrogen-bond donors (Lipinski definition) is 1. The van der Waals surface area contributed by atoms with Gasteiger partial charge < -0.3 is 9.72 Å². The number of carbonyl (C=O) groups excluding carboxylic acids is 1. The Morgan fingerprint density at radius 2 is 1.82 bits per heavy atom. The molecule has 38 heavy (non-hydrogen) atoms. The number of methoxy groups -OCH3 is 1. The van der Waals surface area contributed by atoms with Gasteiger partial charge in [-0.25, -0.2) is 5.01 Å². The SMILES string of the molecule is COc1cccc([C@@H]2CC(c3c(-c4ccc(C)cc4)c4ccccc4[nH]c3=O)=NN2C(=O)c2cccs2)c1. The number of aromatic nitrogens is 1. The minimum Gasteiger partial charge on any atom is -0.497 e. The number of para-hydroxylation sites is 1. The average Bonchev–Trinajstić information content (AvgIpc) is 3.64. The van der Waals surface area contributed by atoms with E-state index in [2.05, 4.69) is 4.98 Å². The third-order valence-electron chi connectivity index (χ3n) is 6.88. The van der Waals surface area contributed by atoms with Crippen LogP contribution in [0, 0.1) is 6.92 Å². The van der Waals surface area contributed by atoms with Crippen LogP contribution in [-0.4, -0.2) is 28.7 Å². The van der Waals surface area contributed by atoms with Crippen molar-refractivity contribution in [3.8, 4) is 16.9 Å². The van der Waals surface area contributed by atoms with E-state index < -0.39 is 0 Å². The highest BCUT2D eigenvalue weighted by Gasteiger charge is 2.36. The quantitative estimate of drug-likeness (QED) is 0.286. The molecule has 188 valence electrons. The van der Waals surface area contributed by atoms with Crippen LogP contribution in [0.1, 0.15) is 38.8 Å². The van der Waals surface area contributed by atoms with Crippen LogP contribution >= 0.6 is 11.3 Å². The molecular formula is C31H25N3O3S. The monoisotopic (exact) mass is 519 g/mol. The van der Waals surface area contributed by atoms with E-state index in [4.69, 9.17) is 9.84 Å². The van der Waals surface area contributed by atoms with Gasteiger partial charge in [0.25, 0.3) is 11.5 Å². The van der Waals surface area contributed by atoms with Gasteiger partial charge in [-0.05, 0) is 47.7 Å². The summed E-state index contributed by atoms with van der Waals surface area (Å²) in [5.74, 6) is 0.500. The molecule has 1 aliphatic heterocycles. The standard InChI is InChI=1S/C31H25N3O3S/c1-19-12-14-20(15-13-19)28-23-9-3-4-10-24(23)32-30(35)29(28)25-18-26(21-7-5-8-22(17-21)37-2)34(33-25)31(36)27-11-6-16-38-27/h3-17,26H,18H2,1-2H3,(H,32,35)/t26-/m0/s1. The van der Waals surface area contributed by atoms with Crippen molar-refractivity contribution in [2.75, 3.05) is 7.11 Å². The predicted octanol–water partition coefficient (Wildman–Crippen LogP) is 6.57. The molecule has 0 fully saturated rings. The van der Waals surface area contributed by atoms with E-state index in [0.717, 1.165) is 33.2 Å². The largest absolute Gasteiger partial charge is 0.497 e. The van der Waals surface area contributed by atoms with Crippen molar-refractivity contribution in [2.24, 2.45) is 5.10 Å². The number of benzene rings is 3. The van der Waals surface area contributed by atoms with Crippen molar-refractivity contribution in [3.63, 3.8) is 0 Å². The first kappa shape index (κ1) is 23.9. The predicted molar refractivity (Wildman–Crippen MR) is 152 cm³/mol. The Morgan fingerprint density at radius 3 is 2.58 bits per heavy atom. The number of aromatic amines is 1. The first-order valence-corrected chi connectivity index (χ1v) is 13.2. The molecule has 0 saturated heterocycles. The van der Waals surface area contributed by atoms with E-state index >= 15 is 0 Å². The van der Waals surface area contributed by atoms with Gasteiger partial charge in [0.2, 0.25) is 0 Å². The Balaban J connectivity index is 1.56. The van der Waals surface area contributed by atoms with Crippen molar-refractivity contribution in [1.29, 1.82) is 0 Å². The normalized spacial score (nSPS) is 15.1. The molecule has 0 unspecified atom stereocenters. The lowest BCUT2D eigenvalue weighted by atomic mass is 9.90. The van der Waals surface area contributed by atoms with E-state index in [1.54, 1.807) is 13.2 Å². The number of aryl methyl sites for hydroxylation is 1. The number of nitrogens with one attached hydrogen (secondary N) is 1. The molecule has 0 aliphatic carbocycles. The molecule has 5 aromatic rings. The minimum absolute atomic E-state index is 0.197. The number of fused-ring (bicyclic) bond motifs is 1. The van der Waals surface area contributed by atoms with Crippen LogP contribution in [0.5, 0.6) is 5.75 Å². The second kappa shape index (κ2) is 9.76. The Kier molecular flexibility index (Phi) is 6.13. The van der Waals surface area contributed by atoms with Gasteiger partial charge >= 0.3 is 0 Å². The topological polar surface area (TPSA) is 74.8 Å². The summed E-state index contributed by atoms with van der Waals surface area (Å²) in [6, 6.07) is 26.8. The zero-order chi connectivity index (χ0) is 26.2. The number of hydrogen-bond acceptors (Lipinski definition) is 5. The van der Waals surface area contributed by atoms with Gasteiger partial charge in [0.15, 0.2) is 0 Å². The number of pyridine rings is 1. The maximum atomic E-state index is 13.7. The molecule has 1 amide bonds. The van der Waals surface area contributed by atoms with Crippen LogP contribution in [0.2, 0.25) is 0 Å². The maximum Gasteiger partial charge on any atom is 0.284 e. The highest BCUT2D eigenvalue weighted by atomic mass is 32.1. The van der Waals surface area contributed by atoms with Crippen molar-refractivity contribution in [2.45, 2.75) is 19.4 Å². The number of H-pyrrole nitrogens is 1. The summed E-state index contributed by atoms with van der Waals surface area (Å²) in [6.07, 6.45) is 0.393. The summed E-state index contributed by atoms with van der Waals surface area (Å²) < 4.78 is 5.45. The highest BCUT2D eigenvalue weighted by molar-refractivity contribution is 7.12. The molecule has 7 heteroatoms. The second-order valence-electron chi connectivity index (χ2n) is 9.29. The highest BCUT2D eigenvalue weighted by Crippen LogP contribution is 2.38. The van der Waals surface area contributed by atoms with Crippen LogP contribution in [0.3, 0.4) is 0 Å². The van der Waals surface area contributed by atoms with Gasteiger partial charge in [-0.1, -0.05) is 66.2 Å². The van der Waals surface area contributed by atoms with Crippen molar-refractivity contribution >= 4 is 33.9 Å². The zero-order valence-corrected chi connectivity index (χ0v) is 21.8. The number of amides is 1. The molecule has 0 saturated carbocycles. The summed E-state index contributed by atoms with van der Waals surface area (Å²) in [4.78, 5) is 30.9. The number of rotatable bonds is 5. The first-order chi connectivity index (χ1) is 18.5. The molecule has 3 aromatic carbocycles. The Labute approximate surface area is 223 Å². The van der Waals surface area contributed by atoms with Crippen LogP contribution in [-0.2, 0) is 0 Å². The smallest absolute Gasteiger partial charge is 0.284 e. The van der Waals surface area contributed by atoms with Gasteiger partial charge in [-0.2, -0.15) is 5.10 Å². The Hall–Kier alpha value is -4.49. The summed E-state index contributed by atoms with van der Waals surface area (Å²) in [5.41, 5.74) is 5.36. The third kappa shape index (κ3) is 4.21. The van der Waals surface area contributed by atoms with Gasteiger partial charge in [0.05, 0.1) is 29.3 Å². The van der Waals surface area contributed by atoms with Crippen LogP contribution in [0.25, 0.3) is 22.0 Å². The van der Waals surface area contributed by atoms with E-state index in [1.807, 2.05) is 91.2 Å². The van der Waals surface area contributed by atoms with Crippen LogP contribution < -0.4 is 10.3 Å². The third-order valence-corrected chi connectivity index (χ3v) is 7.74. The molecule has 0 radical (unpaired) electrons. The molecule has 6 nitrogen and oxygen atoms in total. The average molecular weight is 520 g/mol. The number of ether oxygens (including phenoxy) is 1. The number of hydrazone groups is 1. The first-order valence-electron chi connectivity index (χ1n) is 12.3. The Morgan fingerprint density at radius 1 is 1.00 bits per heavy atom. The van der Waals surface area contributed by atoms with Gasteiger partial charge in [-0.3, -0.25) is 9.59 Å². The molecule has 3 heterocycles. The molecule has 0 bridgehead atoms. The second-order valence-corrected chi connectivity index (χ2v) is 10.2. The molecule has 6 rings (SSSR count). The summed E-state index contributed by atoms with van der Waals surface area (Å²) in [7, 11) is 1.62. The molecular weight excluding hydrogens is 494 g/mol. The van der Waals surface area contributed by atoms with Crippen molar-refractivity contribution < 1.29 is 9.53 Å². The molecule has 2 aromatic heterocycles. The lowest BCUT2D eigenvalue weighted by Crippen LogP contribution is -2.26. The summed E-state index contributed by atoms with van der Waals surface area (Å²) in [5, 5.41) is 9.16. The molecule has 1 atom stereocenters.